The molecule has 4 heteroatoms. The van der Waals surface area contributed by atoms with Gasteiger partial charge < -0.3 is 10.6 Å². The molecule has 2 nitrogen and oxygen atoms in total. The summed E-state index contributed by atoms with van der Waals surface area (Å²) in [6.07, 6.45) is 7.61. The molecule has 3 rings (SSSR count). The Balaban J connectivity index is 1.56. The highest BCUT2D eigenvalue weighted by Crippen LogP contribution is 2.44. The van der Waals surface area contributed by atoms with Gasteiger partial charge in [0.1, 0.15) is 0 Å². The number of thiocarbonyl (C=S) groups is 1. The van der Waals surface area contributed by atoms with Crippen LogP contribution in [0.15, 0.2) is 29.2 Å². The lowest BCUT2D eigenvalue weighted by atomic mass is 9.96. The van der Waals surface area contributed by atoms with Crippen molar-refractivity contribution in [2.75, 3.05) is 11.6 Å². The van der Waals surface area contributed by atoms with Crippen LogP contribution in [0.1, 0.15) is 25.7 Å². The lowest BCUT2D eigenvalue weighted by molar-refractivity contribution is 0.392. The number of hydrogen-bond acceptors (Lipinski definition) is 2. The number of fused-ring (bicyclic) bond motifs is 2. The fraction of sp³-hybridized carbons (Fsp3) is 0.533. The summed E-state index contributed by atoms with van der Waals surface area (Å²) in [6.45, 7) is 0. The van der Waals surface area contributed by atoms with Gasteiger partial charge in [-0.2, -0.15) is 0 Å². The molecule has 0 aliphatic heterocycles. The Labute approximate surface area is 124 Å². The third-order valence-electron chi connectivity index (χ3n) is 4.38. The first-order valence-corrected chi connectivity index (χ1v) is 8.59. The molecule has 1 aromatic carbocycles. The summed E-state index contributed by atoms with van der Waals surface area (Å²) in [7, 11) is 0. The Morgan fingerprint density at radius 3 is 2.89 bits per heavy atom. The Kier molecular flexibility index (Phi) is 3.99. The maximum absolute atomic E-state index is 5.44. The molecule has 0 heterocycles. The fourth-order valence-electron chi connectivity index (χ4n) is 3.46. The van der Waals surface area contributed by atoms with E-state index < -0.39 is 0 Å². The van der Waals surface area contributed by atoms with Crippen LogP contribution in [0.5, 0.6) is 0 Å². The summed E-state index contributed by atoms with van der Waals surface area (Å²) >= 11 is 7.19. The molecule has 2 N–H and O–H groups in total. The molecule has 2 aliphatic carbocycles. The predicted molar refractivity (Wildman–Crippen MR) is 86.8 cm³/mol. The van der Waals surface area contributed by atoms with Crippen molar-refractivity contribution < 1.29 is 0 Å². The summed E-state index contributed by atoms with van der Waals surface area (Å²) in [5, 5.41) is 7.59. The number of anilines is 1. The Hall–Kier alpha value is -0.740. The summed E-state index contributed by atoms with van der Waals surface area (Å²) in [4.78, 5) is 1.26. The summed E-state index contributed by atoms with van der Waals surface area (Å²) in [6, 6.07) is 8.98. The molecular formula is C15H20N2S2. The molecule has 102 valence electrons. The number of benzene rings is 1. The number of thioether (sulfide) groups is 1. The second-order valence-corrected chi connectivity index (χ2v) is 6.90. The molecule has 0 saturated heterocycles. The van der Waals surface area contributed by atoms with Gasteiger partial charge in [-0.3, -0.25) is 0 Å². The smallest absolute Gasteiger partial charge is 0.171 e. The molecule has 2 fully saturated rings. The lowest BCUT2D eigenvalue weighted by Gasteiger charge is -2.24. The highest BCUT2D eigenvalue weighted by atomic mass is 32.2. The zero-order valence-corrected chi connectivity index (χ0v) is 12.8. The van der Waals surface area contributed by atoms with E-state index in [0.29, 0.717) is 6.04 Å². The van der Waals surface area contributed by atoms with Crippen molar-refractivity contribution in [3.63, 3.8) is 0 Å². The van der Waals surface area contributed by atoms with Crippen molar-refractivity contribution in [2.24, 2.45) is 11.8 Å². The van der Waals surface area contributed by atoms with Crippen molar-refractivity contribution in [3.05, 3.63) is 24.3 Å². The summed E-state index contributed by atoms with van der Waals surface area (Å²) in [5.74, 6) is 1.80. The van der Waals surface area contributed by atoms with Crippen molar-refractivity contribution in [1.82, 2.24) is 5.32 Å². The first kappa shape index (κ1) is 13.3. The molecule has 2 aliphatic rings. The normalized spacial score (nSPS) is 28.4. The zero-order valence-electron chi connectivity index (χ0n) is 11.2. The van der Waals surface area contributed by atoms with E-state index >= 15 is 0 Å². The molecule has 0 spiro atoms. The first-order chi connectivity index (χ1) is 9.24. The third-order valence-corrected chi connectivity index (χ3v) is 5.33. The van der Waals surface area contributed by atoms with E-state index in [4.69, 9.17) is 12.2 Å². The molecule has 1 aromatic rings. The lowest BCUT2D eigenvalue weighted by Crippen LogP contribution is -2.40. The van der Waals surface area contributed by atoms with Gasteiger partial charge in [-0.05, 0) is 67.8 Å². The average Bonchev–Trinajstić information content (AvgIpc) is 3.01. The summed E-state index contributed by atoms with van der Waals surface area (Å²) in [5.41, 5.74) is 1.08. The van der Waals surface area contributed by atoms with E-state index in [1.54, 1.807) is 11.8 Å². The van der Waals surface area contributed by atoms with Crippen molar-refractivity contribution in [2.45, 2.75) is 36.6 Å². The van der Waals surface area contributed by atoms with E-state index in [-0.39, 0.29) is 0 Å². The maximum atomic E-state index is 5.44. The van der Waals surface area contributed by atoms with Gasteiger partial charge in [-0.1, -0.05) is 12.5 Å². The van der Waals surface area contributed by atoms with Crippen LogP contribution in [-0.2, 0) is 0 Å². The van der Waals surface area contributed by atoms with Gasteiger partial charge in [0, 0.05) is 16.6 Å². The van der Waals surface area contributed by atoms with E-state index in [2.05, 4.69) is 41.2 Å². The highest BCUT2D eigenvalue weighted by Gasteiger charge is 2.39. The largest absolute Gasteiger partial charge is 0.359 e. The minimum absolute atomic E-state index is 0.600. The zero-order chi connectivity index (χ0) is 13.2. The van der Waals surface area contributed by atoms with Crippen LogP contribution in [0.2, 0.25) is 0 Å². The minimum atomic E-state index is 0.600. The minimum Gasteiger partial charge on any atom is -0.359 e. The molecule has 0 amide bonds. The van der Waals surface area contributed by atoms with Crippen LogP contribution < -0.4 is 10.6 Å². The van der Waals surface area contributed by atoms with Gasteiger partial charge in [0.2, 0.25) is 0 Å². The molecular weight excluding hydrogens is 272 g/mol. The number of rotatable bonds is 3. The van der Waals surface area contributed by atoms with E-state index in [1.807, 2.05) is 0 Å². The molecule has 2 saturated carbocycles. The van der Waals surface area contributed by atoms with Crippen LogP contribution in [-0.4, -0.2) is 17.4 Å². The van der Waals surface area contributed by atoms with Crippen LogP contribution in [0, 0.1) is 11.8 Å². The number of nitrogens with one attached hydrogen (secondary N) is 2. The molecule has 0 radical (unpaired) electrons. The summed E-state index contributed by atoms with van der Waals surface area (Å²) < 4.78 is 0. The third kappa shape index (κ3) is 3.06. The molecule has 0 aromatic heterocycles. The predicted octanol–water partition coefficient (Wildman–Crippen LogP) is 3.88. The van der Waals surface area contributed by atoms with Crippen molar-refractivity contribution >= 4 is 34.8 Å². The first-order valence-electron chi connectivity index (χ1n) is 6.96. The Morgan fingerprint density at radius 1 is 1.32 bits per heavy atom. The van der Waals surface area contributed by atoms with Crippen LogP contribution in [0.3, 0.4) is 0 Å². The van der Waals surface area contributed by atoms with Crippen LogP contribution in [0.4, 0.5) is 5.69 Å². The SMILES string of the molecule is CSc1cccc(NC(=S)N[C@H]2C[C@@H]3CC[C@@H]2C3)c1. The van der Waals surface area contributed by atoms with E-state index in [0.717, 1.165) is 22.6 Å². The Bertz CT molecular complexity index is 475. The van der Waals surface area contributed by atoms with Gasteiger partial charge in [0.25, 0.3) is 0 Å². The highest BCUT2D eigenvalue weighted by molar-refractivity contribution is 7.98. The van der Waals surface area contributed by atoms with E-state index in [1.165, 1.54) is 30.6 Å². The van der Waals surface area contributed by atoms with Gasteiger partial charge in [0.15, 0.2) is 5.11 Å². The van der Waals surface area contributed by atoms with Gasteiger partial charge in [-0.15, -0.1) is 11.8 Å². The van der Waals surface area contributed by atoms with Crippen LogP contribution >= 0.6 is 24.0 Å². The van der Waals surface area contributed by atoms with Gasteiger partial charge in [-0.25, -0.2) is 0 Å². The molecule has 2 bridgehead atoms. The maximum Gasteiger partial charge on any atom is 0.171 e. The molecule has 19 heavy (non-hydrogen) atoms. The Morgan fingerprint density at radius 2 is 2.21 bits per heavy atom. The second kappa shape index (κ2) is 5.71. The van der Waals surface area contributed by atoms with Crippen LogP contribution in [0.25, 0.3) is 0 Å². The van der Waals surface area contributed by atoms with Crippen molar-refractivity contribution in [1.29, 1.82) is 0 Å². The van der Waals surface area contributed by atoms with Gasteiger partial charge in [0.05, 0.1) is 0 Å². The topological polar surface area (TPSA) is 24.1 Å². The molecule has 3 atom stereocenters. The molecule has 0 unspecified atom stereocenters. The second-order valence-electron chi connectivity index (χ2n) is 5.61. The standard InChI is InChI=1S/C15H20N2S2/c1-19-13-4-2-3-12(9-13)16-15(18)17-14-8-10-5-6-11(14)7-10/h2-4,9-11,14H,5-8H2,1H3,(H2,16,17,18)/t10-,11-,14+/m1/s1. The van der Waals surface area contributed by atoms with E-state index in [9.17, 15) is 0 Å². The number of hydrogen-bond donors (Lipinski definition) is 2. The fourth-order valence-corrected chi connectivity index (χ4v) is 4.19. The van der Waals surface area contributed by atoms with Crippen molar-refractivity contribution in [3.8, 4) is 0 Å². The monoisotopic (exact) mass is 292 g/mol. The quantitative estimate of drug-likeness (QED) is 0.652. The van der Waals surface area contributed by atoms with Gasteiger partial charge >= 0.3 is 0 Å². The average molecular weight is 292 g/mol.